The summed E-state index contributed by atoms with van der Waals surface area (Å²) < 4.78 is 0. The first-order chi connectivity index (χ1) is 7.06. The van der Waals surface area contributed by atoms with E-state index in [1.165, 1.54) is 19.3 Å². The molecule has 0 aliphatic carbocycles. The van der Waals surface area contributed by atoms with E-state index in [1.54, 1.807) is 0 Å². The Bertz CT molecular complexity index is 169. The molecule has 3 heteroatoms. The summed E-state index contributed by atoms with van der Waals surface area (Å²) >= 11 is 0. The van der Waals surface area contributed by atoms with Gasteiger partial charge in [0.05, 0.1) is 0 Å². The standard InChI is InChI=1S/C12H26N2O/c1-5-6-7-8-11(4)14-12(15)13-9-10(2)3/h10-11H,5-9H2,1-4H3,(H2,13,14,15)/t11-/m1/s1. The van der Waals surface area contributed by atoms with E-state index < -0.39 is 0 Å². The Kier molecular flexibility index (Phi) is 8.15. The predicted octanol–water partition coefficient (Wildman–Crippen LogP) is 2.91. The smallest absolute Gasteiger partial charge is 0.315 e. The molecule has 2 N–H and O–H groups in total. The van der Waals surface area contributed by atoms with Gasteiger partial charge >= 0.3 is 6.03 Å². The fraction of sp³-hybridized carbons (Fsp3) is 0.917. The van der Waals surface area contributed by atoms with E-state index in [-0.39, 0.29) is 12.1 Å². The number of hydrogen-bond donors (Lipinski definition) is 2. The third-order valence-electron chi connectivity index (χ3n) is 2.29. The molecule has 0 aliphatic heterocycles. The van der Waals surface area contributed by atoms with Gasteiger partial charge in [-0.15, -0.1) is 0 Å². The van der Waals surface area contributed by atoms with Gasteiger partial charge in [-0.2, -0.15) is 0 Å². The van der Waals surface area contributed by atoms with Crippen molar-refractivity contribution in [2.45, 2.75) is 59.4 Å². The monoisotopic (exact) mass is 214 g/mol. The van der Waals surface area contributed by atoms with Crippen LogP contribution in [0, 0.1) is 5.92 Å². The molecule has 0 saturated heterocycles. The first-order valence-electron chi connectivity index (χ1n) is 6.10. The molecule has 0 radical (unpaired) electrons. The Morgan fingerprint density at radius 3 is 2.40 bits per heavy atom. The number of rotatable bonds is 7. The highest BCUT2D eigenvalue weighted by Gasteiger charge is 2.06. The normalized spacial score (nSPS) is 12.6. The highest BCUT2D eigenvalue weighted by Crippen LogP contribution is 2.02. The summed E-state index contributed by atoms with van der Waals surface area (Å²) in [5.74, 6) is 0.506. The van der Waals surface area contributed by atoms with Crippen molar-refractivity contribution >= 4 is 6.03 Å². The van der Waals surface area contributed by atoms with Gasteiger partial charge in [-0.05, 0) is 19.3 Å². The molecule has 0 rings (SSSR count). The summed E-state index contributed by atoms with van der Waals surface area (Å²) in [7, 11) is 0. The lowest BCUT2D eigenvalue weighted by Crippen LogP contribution is -2.42. The van der Waals surface area contributed by atoms with Crippen LogP contribution in [0.1, 0.15) is 53.4 Å². The highest BCUT2D eigenvalue weighted by atomic mass is 16.2. The molecule has 0 saturated carbocycles. The van der Waals surface area contributed by atoms with Crippen molar-refractivity contribution in [2.75, 3.05) is 6.54 Å². The van der Waals surface area contributed by atoms with E-state index in [1.807, 2.05) is 0 Å². The molecule has 15 heavy (non-hydrogen) atoms. The highest BCUT2D eigenvalue weighted by molar-refractivity contribution is 5.74. The van der Waals surface area contributed by atoms with E-state index in [0.29, 0.717) is 5.92 Å². The van der Waals surface area contributed by atoms with Crippen molar-refractivity contribution in [3.05, 3.63) is 0 Å². The van der Waals surface area contributed by atoms with Crippen molar-refractivity contribution in [2.24, 2.45) is 5.92 Å². The van der Waals surface area contributed by atoms with E-state index in [4.69, 9.17) is 0 Å². The van der Waals surface area contributed by atoms with Gasteiger partial charge in [-0.1, -0.05) is 40.0 Å². The van der Waals surface area contributed by atoms with Crippen molar-refractivity contribution in [3.63, 3.8) is 0 Å². The van der Waals surface area contributed by atoms with Gasteiger partial charge in [0.15, 0.2) is 0 Å². The summed E-state index contributed by atoms with van der Waals surface area (Å²) in [5, 5.41) is 5.80. The molecule has 0 heterocycles. The Hall–Kier alpha value is -0.730. The van der Waals surface area contributed by atoms with Crippen LogP contribution in [0.15, 0.2) is 0 Å². The second-order valence-corrected chi connectivity index (χ2v) is 4.65. The second-order valence-electron chi connectivity index (χ2n) is 4.65. The fourth-order valence-corrected chi connectivity index (χ4v) is 1.34. The zero-order valence-electron chi connectivity index (χ0n) is 10.6. The van der Waals surface area contributed by atoms with Gasteiger partial charge in [0.25, 0.3) is 0 Å². The van der Waals surface area contributed by atoms with Crippen molar-refractivity contribution in [1.29, 1.82) is 0 Å². The summed E-state index contributed by atoms with van der Waals surface area (Å²) in [6.45, 7) is 9.17. The number of urea groups is 1. The van der Waals surface area contributed by atoms with Gasteiger partial charge in [0, 0.05) is 12.6 Å². The maximum Gasteiger partial charge on any atom is 0.315 e. The zero-order valence-corrected chi connectivity index (χ0v) is 10.6. The second kappa shape index (κ2) is 8.57. The van der Waals surface area contributed by atoms with Gasteiger partial charge in [0.1, 0.15) is 0 Å². The first-order valence-corrected chi connectivity index (χ1v) is 6.10. The molecule has 0 unspecified atom stereocenters. The van der Waals surface area contributed by atoms with Crippen LogP contribution in [-0.4, -0.2) is 18.6 Å². The number of nitrogens with one attached hydrogen (secondary N) is 2. The van der Waals surface area contributed by atoms with Crippen molar-refractivity contribution in [1.82, 2.24) is 10.6 Å². The average Bonchev–Trinajstić information content (AvgIpc) is 2.15. The number of unbranched alkanes of at least 4 members (excludes halogenated alkanes) is 2. The van der Waals surface area contributed by atoms with Crippen LogP contribution >= 0.6 is 0 Å². The molecular formula is C12H26N2O. The van der Waals surface area contributed by atoms with E-state index >= 15 is 0 Å². The van der Waals surface area contributed by atoms with Gasteiger partial charge in [-0.3, -0.25) is 0 Å². The molecule has 3 nitrogen and oxygen atoms in total. The van der Waals surface area contributed by atoms with Crippen molar-refractivity contribution in [3.8, 4) is 0 Å². The average molecular weight is 214 g/mol. The van der Waals surface area contributed by atoms with Crippen molar-refractivity contribution < 1.29 is 4.79 Å². The minimum absolute atomic E-state index is 0.0345. The number of hydrogen-bond acceptors (Lipinski definition) is 1. The van der Waals surface area contributed by atoms with E-state index in [2.05, 4.69) is 38.3 Å². The van der Waals surface area contributed by atoms with E-state index in [0.717, 1.165) is 13.0 Å². The molecule has 2 amide bonds. The Morgan fingerprint density at radius 1 is 1.20 bits per heavy atom. The van der Waals surface area contributed by atoms with E-state index in [9.17, 15) is 4.79 Å². The van der Waals surface area contributed by atoms with Crippen LogP contribution in [0.25, 0.3) is 0 Å². The Balaban J connectivity index is 3.49. The van der Waals surface area contributed by atoms with Gasteiger partial charge in [-0.25, -0.2) is 4.79 Å². The maximum absolute atomic E-state index is 11.4. The SMILES string of the molecule is CCCCC[C@@H](C)NC(=O)NCC(C)C. The van der Waals surface area contributed by atoms with Crippen LogP contribution in [0.4, 0.5) is 4.79 Å². The third-order valence-corrected chi connectivity index (χ3v) is 2.29. The molecular weight excluding hydrogens is 188 g/mol. The molecule has 90 valence electrons. The third kappa shape index (κ3) is 9.57. The zero-order chi connectivity index (χ0) is 11.7. The largest absolute Gasteiger partial charge is 0.338 e. The minimum atomic E-state index is -0.0345. The molecule has 0 bridgehead atoms. The fourth-order valence-electron chi connectivity index (χ4n) is 1.34. The molecule has 0 spiro atoms. The molecule has 0 aliphatic rings. The quantitative estimate of drug-likeness (QED) is 0.629. The molecule has 0 aromatic heterocycles. The topological polar surface area (TPSA) is 41.1 Å². The minimum Gasteiger partial charge on any atom is -0.338 e. The van der Waals surface area contributed by atoms with Crippen LogP contribution in [0.2, 0.25) is 0 Å². The molecule has 0 aromatic rings. The van der Waals surface area contributed by atoms with Crippen LogP contribution in [0.3, 0.4) is 0 Å². The summed E-state index contributed by atoms with van der Waals surface area (Å²) in [5.41, 5.74) is 0. The number of carbonyl (C=O) groups excluding carboxylic acids is 1. The number of carbonyl (C=O) groups is 1. The predicted molar refractivity (Wildman–Crippen MR) is 65.0 cm³/mol. The van der Waals surface area contributed by atoms with Crippen LogP contribution in [-0.2, 0) is 0 Å². The lowest BCUT2D eigenvalue weighted by molar-refractivity contribution is 0.235. The molecule has 1 atom stereocenters. The summed E-state index contributed by atoms with van der Waals surface area (Å²) in [6, 6.07) is 0.247. The first kappa shape index (κ1) is 14.3. The van der Waals surface area contributed by atoms with Gasteiger partial charge in [0.2, 0.25) is 0 Å². The van der Waals surface area contributed by atoms with Gasteiger partial charge < -0.3 is 10.6 Å². The van der Waals surface area contributed by atoms with Crippen LogP contribution < -0.4 is 10.6 Å². The Labute approximate surface area is 94.0 Å². The molecule has 0 aromatic carbocycles. The Morgan fingerprint density at radius 2 is 1.87 bits per heavy atom. The lowest BCUT2D eigenvalue weighted by atomic mass is 10.1. The lowest BCUT2D eigenvalue weighted by Gasteiger charge is -2.15. The number of amides is 2. The maximum atomic E-state index is 11.4. The van der Waals surface area contributed by atoms with Crippen LogP contribution in [0.5, 0.6) is 0 Å². The summed E-state index contributed by atoms with van der Waals surface area (Å²) in [6.07, 6.45) is 4.75. The summed E-state index contributed by atoms with van der Waals surface area (Å²) in [4.78, 5) is 11.4. The molecule has 0 fully saturated rings.